The van der Waals surface area contributed by atoms with Gasteiger partial charge in [-0.05, 0) is 19.8 Å². The molecule has 2 heteroatoms. The van der Waals surface area contributed by atoms with E-state index in [1.165, 1.54) is 6.42 Å². The summed E-state index contributed by atoms with van der Waals surface area (Å²) in [6.07, 6.45) is 6.70. The highest BCUT2D eigenvalue weighted by atomic mass is 16.5. The summed E-state index contributed by atoms with van der Waals surface area (Å²) in [6.45, 7) is 6.06. The summed E-state index contributed by atoms with van der Waals surface area (Å²) in [5, 5.41) is 0. The Morgan fingerprint density at radius 3 is 2.54 bits per heavy atom. The Bertz CT molecular complexity index is 165. The standard InChI is InChI=1S/C11H20O2/c1-4-6-10(12-3)7-11(5-2)8-13-9-11/h4,6,10H,5,7-9H2,1-3H3. The van der Waals surface area contributed by atoms with Gasteiger partial charge in [0, 0.05) is 12.5 Å². The van der Waals surface area contributed by atoms with E-state index in [9.17, 15) is 0 Å². The molecule has 0 aliphatic carbocycles. The summed E-state index contributed by atoms with van der Waals surface area (Å²) in [5.41, 5.74) is 0.389. The normalized spacial score (nSPS) is 23.0. The van der Waals surface area contributed by atoms with Crippen LogP contribution in [0.4, 0.5) is 0 Å². The molecule has 1 aliphatic rings. The van der Waals surface area contributed by atoms with Crippen LogP contribution in [0.2, 0.25) is 0 Å². The molecule has 1 rings (SSSR count). The Balaban J connectivity index is 2.43. The van der Waals surface area contributed by atoms with Gasteiger partial charge in [0.15, 0.2) is 0 Å². The van der Waals surface area contributed by atoms with E-state index in [1.807, 2.05) is 6.92 Å². The van der Waals surface area contributed by atoms with Gasteiger partial charge in [-0.25, -0.2) is 0 Å². The quantitative estimate of drug-likeness (QED) is 0.611. The molecule has 0 aromatic heterocycles. The second-order valence-corrected chi connectivity index (χ2v) is 3.85. The first kappa shape index (κ1) is 10.7. The number of rotatable bonds is 5. The molecule has 1 fully saturated rings. The lowest BCUT2D eigenvalue weighted by molar-refractivity contribution is -0.132. The summed E-state index contributed by atoms with van der Waals surface area (Å²) in [5.74, 6) is 0. The molecule has 0 radical (unpaired) electrons. The number of methoxy groups -OCH3 is 1. The fourth-order valence-corrected chi connectivity index (χ4v) is 1.73. The van der Waals surface area contributed by atoms with Crippen LogP contribution >= 0.6 is 0 Å². The first-order chi connectivity index (χ1) is 6.26. The second-order valence-electron chi connectivity index (χ2n) is 3.85. The van der Waals surface area contributed by atoms with Crippen molar-refractivity contribution >= 4 is 0 Å². The van der Waals surface area contributed by atoms with Crippen molar-refractivity contribution in [3.63, 3.8) is 0 Å². The molecule has 13 heavy (non-hydrogen) atoms. The third-order valence-electron chi connectivity index (χ3n) is 2.91. The van der Waals surface area contributed by atoms with Crippen molar-refractivity contribution in [2.24, 2.45) is 5.41 Å². The topological polar surface area (TPSA) is 18.5 Å². The average molecular weight is 184 g/mol. The molecule has 0 saturated carbocycles. The zero-order valence-corrected chi connectivity index (χ0v) is 8.88. The molecule has 1 unspecified atom stereocenters. The SMILES string of the molecule is CC=CC(CC1(CC)COC1)OC. The number of ether oxygens (including phenoxy) is 2. The molecule has 1 saturated heterocycles. The number of hydrogen-bond acceptors (Lipinski definition) is 2. The first-order valence-electron chi connectivity index (χ1n) is 4.99. The lowest BCUT2D eigenvalue weighted by Crippen LogP contribution is -2.44. The highest BCUT2D eigenvalue weighted by Gasteiger charge is 2.38. The summed E-state index contributed by atoms with van der Waals surface area (Å²) >= 11 is 0. The predicted octanol–water partition coefficient (Wildman–Crippen LogP) is 2.39. The Kier molecular flexibility index (Phi) is 3.94. The van der Waals surface area contributed by atoms with Gasteiger partial charge in [0.1, 0.15) is 0 Å². The largest absolute Gasteiger partial charge is 0.380 e. The summed E-state index contributed by atoms with van der Waals surface area (Å²) < 4.78 is 10.7. The maximum atomic E-state index is 5.38. The fraction of sp³-hybridized carbons (Fsp3) is 0.818. The molecular formula is C11H20O2. The Hall–Kier alpha value is -0.340. The van der Waals surface area contributed by atoms with Crippen LogP contribution < -0.4 is 0 Å². The zero-order valence-electron chi connectivity index (χ0n) is 8.88. The molecule has 1 heterocycles. The molecule has 1 atom stereocenters. The van der Waals surface area contributed by atoms with Crippen molar-refractivity contribution in [2.75, 3.05) is 20.3 Å². The van der Waals surface area contributed by atoms with Gasteiger partial charge in [-0.1, -0.05) is 19.1 Å². The third-order valence-corrected chi connectivity index (χ3v) is 2.91. The van der Waals surface area contributed by atoms with Gasteiger partial charge < -0.3 is 9.47 Å². The fourth-order valence-electron chi connectivity index (χ4n) is 1.73. The van der Waals surface area contributed by atoms with Gasteiger partial charge in [0.25, 0.3) is 0 Å². The van der Waals surface area contributed by atoms with Gasteiger partial charge in [-0.15, -0.1) is 0 Å². The van der Waals surface area contributed by atoms with Gasteiger partial charge >= 0.3 is 0 Å². The molecule has 76 valence electrons. The van der Waals surface area contributed by atoms with Crippen LogP contribution in [0.3, 0.4) is 0 Å². The van der Waals surface area contributed by atoms with E-state index in [-0.39, 0.29) is 6.10 Å². The number of hydrogen-bond donors (Lipinski definition) is 0. The Morgan fingerprint density at radius 1 is 1.54 bits per heavy atom. The first-order valence-corrected chi connectivity index (χ1v) is 4.99. The van der Waals surface area contributed by atoms with E-state index in [1.54, 1.807) is 7.11 Å². The zero-order chi connectivity index (χ0) is 9.73. The lowest BCUT2D eigenvalue weighted by atomic mass is 9.78. The van der Waals surface area contributed by atoms with Gasteiger partial charge in [0.05, 0.1) is 19.3 Å². The van der Waals surface area contributed by atoms with E-state index in [0.29, 0.717) is 5.41 Å². The van der Waals surface area contributed by atoms with Crippen molar-refractivity contribution in [2.45, 2.75) is 32.8 Å². The molecule has 0 bridgehead atoms. The van der Waals surface area contributed by atoms with Crippen molar-refractivity contribution < 1.29 is 9.47 Å². The van der Waals surface area contributed by atoms with E-state index in [2.05, 4.69) is 19.1 Å². The molecule has 0 aromatic rings. The summed E-state index contributed by atoms with van der Waals surface area (Å²) in [6, 6.07) is 0. The van der Waals surface area contributed by atoms with Crippen molar-refractivity contribution in [1.29, 1.82) is 0 Å². The van der Waals surface area contributed by atoms with E-state index < -0.39 is 0 Å². The van der Waals surface area contributed by atoms with Crippen LogP contribution in [0.5, 0.6) is 0 Å². The predicted molar refractivity (Wildman–Crippen MR) is 53.8 cm³/mol. The molecule has 0 aromatic carbocycles. The molecule has 0 spiro atoms. The molecular weight excluding hydrogens is 164 g/mol. The van der Waals surface area contributed by atoms with Gasteiger partial charge in [-0.3, -0.25) is 0 Å². The molecule has 1 aliphatic heterocycles. The smallest absolute Gasteiger partial charge is 0.0758 e. The van der Waals surface area contributed by atoms with Gasteiger partial charge in [0.2, 0.25) is 0 Å². The minimum absolute atomic E-state index is 0.258. The second kappa shape index (κ2) is 4.77. The Labute approximate surface area is 80.9 Å². The van der Waals surface area contributed by atoms with Crippen LogP contribution in [0, 0.1) is 5.41 Å². The van der Waals surface area contributed by atoms with Gasteiger partial charge in [-0.2, -0.15) is 0 Å². The van der Waals surface area contributed by atoms with Crippen molar-refractivity contribution in [3.8, 4) is 0 Å². The lowest BCUT2D eigenvalue weighted by Gasteiger charge is -2.42. The maximum absolute atomic E-state index is 5.38. The van der Waals surface area contributed by atoms with Crippen LogP contribution in [0.1, 0.15) is 26.7 Å². The minimum atomic E-state index is 0.258. The van der Waals surface area contributed by atoms with E-state index in [4.69, 9.17) is 9.47 Å². The maximum Gasteiger partial charge on any atom is 0.0758 e. The van der Waals surface area contributed by atoms with Crippen LogP contribution in [-0.4, -0.2) is 26.4 Å². The van der Waals surface area contributed by atoms with E-state index >= 15 is 0 Å². The van der Waals surface area contributed by atoms with Crippen molar-refractivity contribution in [3.05, 3.63) is 12.2 Å². The third kappa shape index (κ3) is 2.55. The van der Waals surface area contributed by atoms with E-state index in [0.717, 1.165) is 19.6 Å². The van der Waals surface area contributed by atoms with Crippen LogP contribution in [-0.2, 0) is 9.47 Å². The minimum Gasteiger partial charge on any atom is -0.380 e. The monoisotopic (exact) mass is 184 g/mol. The van der Waals surface area contributed by atoms with Crippen molar-refractivity contribution in [1.82, 2.24) is 0 Å². The Morgan fingerprint density at radius 2 is 2.23 bits per heavy atom. The highest BCUT2D eigenvalue weighted by molar-refractivity contribution is 4.94. The molecule has 0 amide bonds. The molecule has 0 N–H and O–H groups in total. The van der Waals surface area contributed by atoms with Crippen LogP contribution in [0.15, 0.2) is 12.2 Å². The summed E-state index contributed by atoms with van der Waals surface area (Å²) in [7, 11) is 1.77. The summed E-state index contributed by atoms with van der Waals surface area (Å²) in [4.78, 5) is 0. The number of allylic oxidation sites excluding steroid dienone is 1. The average Bonchev–Trinajstić information content (AvgIpc) is 2.09. The molecule has 2 nitrogen and oxygen atoms in total. The highest BCUT2D eigenvalue weighted by Crippen LogP contribution is 2.36. The van der Waals surface area contributed by atoms with Crippen LogP contribution in [0.25, 0.3) is 0 Å².